The second-order valence-electron chi connectivity index (χ2n) is 10.2. The highest BCUT2D eigenvalue weighted by molar-refractivity contribution is 5.93. The van der Waals surface area contributed by atoms with Gasteiger partial charge in [-0.25, -0.2) is 23.3 Å². The van der Waals surface area contributed by atoms with Crippen molar-refractivity contribution in [3.63, 3.8) is 0 Å². The molecule has 2 heterocycles. The Bertz CT molecular complexity index is 1130. The number of nitrogens with one attached hydrogen (secondary N) is 2. The smallest absolute Gasteiger partial charge is 0.419 e. The average Bonchev–Trinajstić information content (AvgIpc) is 3.09. The molecule has 0 aromatic heterocycles. The maximum absolute atomic E-state index is 13.9. The third-order valence-corrected chi connectivity index (χ3v) is 6.84. The van der Waals surface area contributed by atoms with Crippen molar-refractivity contribution in [2.24, 2.45) is 5.92 Å². The zero-order valence-electron chi connectivity index (χ0n) is 22.2. The van der Waals surface area contributed by atoms with Crippen LogP contribution in [-0.2, 0) is 9.53 Å². The molecule has 2 fully saturated rings. The van der Waals surface area contributed by atoms with E-state index in [0.29, 0.717) is 24.6 Å². The molecule has 10 heteroatoms. The van der Waals surface area contributed by atoms with E-state index >= 15 is 0 Å². The molecule has 0 bridgehead atoms. The summed E-state index contributed by atoms with van der Waals surface area (Å²) in [6.45, 7) is 15.3. The molecule has 2 aliphatic heterocycles. The SMILES string of the molecule is C=C/C(=C\C(=C)NC(C)=O)C1CCN(CCCNC(=O)N2C(=O)OC(C)(C)C2c2ccc(F)c(F)c2)CC1. The Kier molecular flexibility index (Phi) is 9.43. The van der Waals surface area contributed by atoms with E-state index in [1.165, 1.54) is 13.0 Å². The number of likely N-dealkylation sites (tertiary alicyclic amines) is 1. The summed E-state index contributed by atoms with van der Waals surface area (Å²) in [5.41, 5.74) is 0.747. The number of imide groups is 1. The van der Waals surface area contributed by atoms with Crippen LogP contribution in [0.3, 0.4) is 0 Å². The molecule has 2 N–H and O–H groups in total. The van der Waals surface area contributed by atoms with E-state index in [2.05, 4.69) is 28.7 Å². The Morgan fingerprint density at radius 3 is 2.50 bits per heavy atom. The fourth-order valence-corrected chi connectivity index (χ4v) is 5.06. The normalized spacial score (nSPS) is 20.1. The number of nitrogens with zero attached hydrogens (tertiary/aromatic N) is 2. The Balaban J connectivity index is 1.49. The summed E-state index contributed by atoms with van der Waals surface area (Å²) >= 11 is 0. The fourth-order valence-electron chi connectivity index (χ4n) is 5.06. The molecule has 1 aromatic rings. The van der Waals surface area contributed by atoms with Crippen LogP contribution in [0.4, 0.5) is 18.4 Å². The Hall–Kier alpha value is -3.53. The number of piperidine rings is 1. The van der Waals surface area contributed by atoms with Gasteiger partial charge >= 0.3 is 12.1 Å². The Labute approximate surface area is 222 Å². The second kappa shape index (κ2) is 12.3. The molecule has 2 aliphatic rings. The van der Waals surface area contributed by atoms with Crippen molar-refractivity contribution in [2.45, 2.75) is 51.7 Å². The molecule has 0 aliphatic carbocycles. The minimum atomic E-state index is -1.11. The molecule has 3 rings (SSSR count). The number of urea groups is 1. The summed E-state index contributed by atoms with van der Waals surface area (Å²) in [4.78, 5) is 39.9. The van der Waals surface area contributed by atoms with E-state index in [0.717, 1.165) is 55.1 Å². The second-order valence-corrected chi connectivity index (χ2v) is 10.2. The maximum Gasteiger partial charge on any atom is 0.419 e. The van der Waals surface area contributed by atoms with Gasteiger partial charge in [-0.2, -0.15) is 0 Å². The lowest BCUT2D eigenvalue weighted by atomic mass is 9.88. The van der Waals surface area contributed by atoms with Gasteiger partial charge in [0.1, 0.15) is 11.6 Å². The minimum absolute atomic E-state index is 0.165. The molecule has 4 amide bonds. The third-order valence-electron chi connectivity index (χ3n) is 6.84. The number of hydrogen-bond donors (Lipinski definition) is 2. The summed E-state index contributed by atoms with van der Waals surface area (Å²) in [6, 6.07) is 1.75. The lowest BCUT2D eigenvalue weighted by Crippen LogP contribution is -2.44. The van der Waals surface area contributed by atoms with Gasteiger partial charge < -0.3 is 20.3 Å². The van der Waals surface area contributed by atoms with Gasteiger partial charge in [-0.15, -0.1) is 0 Å². The van der Waals surface area contributed by atoms with Crippen molar-refractivity contribution in [1.29, 1.82) is 0 Å². The number of amides is 4. The first-order chi connectivity index (χ1) is 17.9. The van der Waals surface area contributed by atoms with Gasteiger partial charge in [-0.05, 0) is 88.0 Å². The van der Waals surface area contributed by atoms with Gasteiger partial charge in [0, 0.05) is 19.2 Å². The van der Waals surface area contributed by atoms with Crippen LogP contribution in [0.15, 0.2) is 54.8 Å². The van der Waals surface area contributed by atoms with Crippen LogP contribution < -0.4 is 10.6 Å². The van der Waals surface area contributed by atoms with Crippen molar-refractivity contribution in [3.8, 4) is 0 Å². The molecule has 0 saturated carbocycles. The number of rotatable bonds is 9. The quantitative estimate of drug-likeness (QED) is 0.353. The highest BCUT2D eigenvalue weighted by Gasteiger charge is 2.51. The van der Waals surface area contributed by atoms with Crippen LogP contribution in [0.1, 0.15) is 51.6 Å². The van der Waals surface area contributed by atoms with Crippen molar-refractivity contribution < 1.29 is 27.9 Å². The molecule has 38 heavy (non-hydrogen) atoms. The highest BCUT2D eigenvalue weighted by Crippen LogP contribution is 2.41. The van der Waals surface area contributed by atoms with Crippen LogP contribution in [0, 0.1) is 17.6 Å². The van der Waals surface area contributed by atoms with Crippen molar-refractivity contribution >= 4 is 18.0 Å². The van der Waals surface area contributed by atoms with E-state index in [1.54, 1.807) is 19.9 Å². The molecule has 0 spiro atoms. The number of allylic oxidation sites excluding steroid dienone is 3. The minimum Gasteiger partial charge on any atom is -0.440 e. The summed E-state index contributed by atoms with van der Waals surface area (Å²) in [5, 5.41) is 5.43. The van der Waals surface area contributed by atoms with E-state index in [1.807, 2.05) is 6.08 Å². The fraction of sp³-hybridized carbons (Fsp3) is 0.464. The summed E-state index contributed by atoms with van der Waals surface area (Å²) < 4.78 is 32.7. The van der Waals surface area contributed by atoms with E-state index in [4.69, 9.17) is 4.74 Å². The number of cyclic esters (lactones) is 1. The van der Waals surface area contributed by atoms with Gasteiger partial charge in [-0.3, -0.25) is 4.79 Å². The number of ether oxygens (including phenoxy) is 1. The standard InChI is InChI=1S/C28H36F2N4O4/c1-6-20(16-18(2)32-19(3)35)21-10-14-33(15-11-21)13-7-12-31-26(36)34-25(28(4,5)38-27(34)37)22-8-9-23(29)24(30)17-22/h6,8-9,16-17,21,25H,1-2,7,10-15H2,3-5H3,(H,31,36)(H,32,35)/b20-16+. The van der Waals surface area contributed by atoms with Gasteiger partial charge in [0.15, 0.2) is 11.6 Å². The predicted molar refractivity (Wildman–Crippen MR) is 140 cm³/mol. The zero-order valence-corrected chi connectivity index (χ0v) is 22.2. The number of carbonyl (C=O) groups excluding carboxylic acids is 3. The molecule has 1 unspecified atom stereocenters. The van der Waals surface area contributed by atoms with Gasteiger partial charge in [0.25, 0.3) is 0 Å². The molecular weight excluding hydrogens is 494 g/mol. The van der Waals surface area contributed by atoms with Crippen molar-refractivity contribution in [1.82, 2.24) is 20.4 Å². The third kappa shape index (κ3) is 7.06. The molecule has 1 aromatic carbocycles. The number of benzene rings is 1. The Morgan fingerprint density at radius 2 is 1.89 bits per heavy atom. The lowest BCUT2D eigenvalue weighted by Gasteiger charge is -2.32. The van der Waals surface area contributed by atoms with Crippen LogP contribution in [-0.4, -0.2) is 59.6 Å². The topological polar surface area (TPSA) is 91.0 Å². The summed E-state index contributed by atoms with van der Waals surface area (Å²) in [7, 11) is 0. The van der Waals surface area contributed by atoms with Crippen molar-refractivity contribution in [2.75, 3.05) is 26.2 Å². The van der Waals surface area contributed by atoms with Crippen LogP contribution in [0.2, 0.25) is 0 Å². The molecule has 206 valence electrons. The van der Waals surface area contributed by atoms with Crippen molar-refractivity contribution in [3.05, 3.63) is 72.0 Å². The number of halogens is 2. The van der Waals surface area contributed by atoms with Gasteiger partial charge in [0.2, 0.25) is 5.91 Å². The monoisotopic (exact) mass is 530 g/mol. The molecule has 1 atom stereocenters. The maximum atomic E-state index is 13.9. The molecule has 8 nitrogen and oxygen atoms in total. The van der Waals surface area contributed by atoms with Gasteiger partial charge in [-0.1, -0.05) is 25.3 Å². The van der Waals surface area contributed by atoms with E-state index in [-0.39, 0.29) is 11.5 Å². The highest BCUT2D eigenvalue weighted by atomic mass is 19.2. The summed E-state index contributed by atoms with van der Waals surface area (Å²) in [5.74, 6) is -1.91. The number of carbonyl (C=O) groups is 3. The Morgan fingerprint density at radius 1 is 1.21 bits per heavy atom. The van der Waals surface area contributed by atoms with Crippen LogP contribution in [0.5, 0.6) is 0 Å². The molecular formula is C28H36F2N4O4. The largest absolute Gasteiger partial charge is 0.440 e. The van der Waals surface area contributed by atoms with Crippen LogP contribution >= 0.6 is 0 Å². The molecule has 0 radical (unpaired) electrons. The number of hydrogen-bond acceptors (Lipinski definition) is 5. The first-order valence-electron chi connectivity index (χ1n) is 12.7. The molecule has 2 saturated heterocycles. The first kappa shape index (κ1) is 29.0. The van der Waals surface area contributed by atoms with Gasteiger partial charge in [0.05, 0.1) is 0 Å². The predicted octanol–water partition coefficient (Wildman–Crippen LogP) is 4.81. The van der Waals surface area contributed by atoms with E-state index in [9.17, 15) is 23.2 Å². The average molecular weight is 531 g/mol. The van der Waals surface area contributed by atoms with Crippen LogP contribution in [0.25, 0.3) is 0 Å². The lowest BCUT2D eigenvalue weighted by molar-refractivity contribution is -0.118. The zero-order chi connectivity index (χ0) is 28.0. The first-order valence-corrected chi connectivity index (χ1v) is 12.7. The van der Waals surface area contributed by atoms with E-state index < -0.39 is 35.4 Å². The summed E-state index contributed by atoms with van der Waals surface area (Å²) in [6.07, 6.45) is 5.37.